The van der Waals surface area contributed by atoms with E-state index in [4.69, 9.17) is 11.6 Å². The van der Waals surface area contributed by atoms with E-state index in [1.165, 1.54) is 36.4 Å². The van der Waals surface area contributed by atoms with Gasteiger partial charge in [0.15, 0.2) is 0 Å². The molecular formula is C14H10ClF4NO. The maximum Gasteiger partial charge on any atom is 0.573 e. The molecule has 2 rings (SSSR count). The van der Waals surface area contributed by atoms with Gasteiger partial charge in [-0.05, 0) is 36.4 Å². The Morgan fingerprint density at radius 3 is 2.29 bits per heavy atom. The Hall–Kier alpha value is -1.95. The van der Waals surface area contributed by atoms with Crippen LogP contribution in [0.4, 0.5) is 23.2 Å². The molecule has 0 spiro atoms. The van der Waals surface area contributed by atoms with Crippen LogP contribution in [0, 0.1) is 5.82 Å². The number of hydrogen-bond acceptors (Lipinski definition) is 2. The van der Waals surface area contributed by atoms with Crippen molar-refractivity contribution in [3.8, 4) is 5.75 Å². The van der Waals surface area contributed by atoms with E-state index in [1.54, 1.807) is 6.07 Å². The molecule has 2 aromatic rings. The molecular weight excluding hydrogens is 310 g/mol. The summed E-state index contributed by atoms with van der Waals surface area (Å²) in [6.45, 7) is 0.183. The molecule has 1 N–H and O–H groups in total. The van der Waals surface area contributed by atoms with Gasteiger partial charge in [-0.2, -0.15) is 0 Å². The van der Waals surface area contributed by atoms with Crippen molar-refractivity contribution in [1.82, 2.24) is 0 Å². The summed E-state index contributed by atoms with van der Waals surface area (Å²) >= 11 is 5.64. The van der Waals surface area contributed by atoms with Crippen LogP contribution in [0.25, 0.3) is 0 Å². The summed E-state index contributed by atoms with van der Waals surface area (Å²) in [5.41, 5.74) is 0.939. The van der Waals surface area contributed by atoms with Gasteiger partial charge < -0.3 is 10.1 Å². The maximum absolute atomic E-state index is 13.5. The van der Waals surface area contributed by atoms with E-state index in [-0.39, 0.29) is 12.3 Å². The zero-order valence-corrected chi connectivity index (χ0v) is 11.3. The summed E-state index contributed by atoms with van der Waals surface area (Å²) in [4.78, 5) is 0. The van der Waals surface area contributed by atoms with E-state index in [9.17, 15) is 17.6 Å². The van der Waals surface area contributed by atoms with E-state index < -0.39 is 12.2 Å². The highest BCUT2D eigenvalue weighted by Crippen LogP contribution is 2.24. The van der Waals surface area contributed by atoms with Crippen molar-refractivity contribution in [2.45, 2.75) is 12.9 Å². The quantitative estimate of drug-likeness (QED) is 0.802. The molecule has 0 fully saturated rings. The van der Waals surface area contributed by atoms with Crippen LogP contribution >= 0.6 is 11.6 Å². The molecule has 21 heavy (non-hydrogen) atoms. The third kappa shape index (κ3) is 4.82. The third-order valence-electron chi connectivity index (χ3n) is 2.59. The summed E-state index contributed by atoms with van der Waals surface area (Å²) in [5.74, 6) is -0.766. The highest BCUT2D eigenvalue weighted by Gasteiger charge is 2.30. The molecule has 0 saturated carbocycles. The maximum atomic E-state index is 13.5. The molecule has 2 nitrogen and oxygen atoms in total. The largest absolute Gasteiger partial charge is 0.573 e. The summed E-state index contributed by atoms with van der Waals surface area (Å²) in [7, 11) is 0. The van der Waals surface area contributed by atoms with Crippen LogP contribution in [-0.4, -0.2) is 6.36 Å². The molecule has 0 aliphatic rings. The van der Waals surface area contributed by atoms with Gasteiger partial charge >= 0.3 is 6.36 Å². The molecule has 0 amide bonds. The van der Waals surface area contributed by atoms with Gasteiger partial charge in [-0.3, -0.25) is 0 Å². The second-order valence-electron chi connectivity index (χ2n) is 4.16. The first-order chi connectivity index (χ1) is 9.83. The molecule has 0 saturated heterocycles. The SMILES string of the molecule is Fc1cc(Cl)ccc1CNc1ccc(OC(F)(F)F)cc1. The van der Waals surface area contributed by atoms with E-state index in [2.05, 4.69) is 10.1 Å². The van der Waals surface area contributed by atoms with Crippen LogP contribution in [0.15, 0.2) is 42.5 Å². The molecule has 0 aromatic heterocycles. The Balaban J connectivity index is 1.97. The molecule has 0 aliphatic carbocycles. The smallest absolute Gasteiger partial charge is 0.406 e. The van der Waals surface area contributed by atoms with Gasteiger partial charge in [0.2, 0.25) is 0 Å². The zero-order chi connectivity index (χ0) is 15.5. The molecule has 0 atom stereocenters. The fourth-order valence-corrected chi connectivity index (χ4v) is 1.80. The number of benzene rings is 2. The number of rotatable bonds is 4. The van der Waals surface area contributed by atoms with Crippen molar-refractivity contribution in [2.75, 3.05) is 5.32 Å². The summed E-state index contributed by atoms with van der Waals surface area (Å²) in [5, 5.41) is 3.19. The van der Waals surface area contributed by atoms with Gasteiger partial charge in [0.25, 0.3) is 0 Å². The Morgan fingerprint density at radius 2 is 1.71 bits per heavy atom. The summed E-state index contributed by atoms with van der Waals surface area (Å²) < 4.78 is 53.3. The first kappa shape index (κ1) is 15.4. The van der Waals surface area contributed by atoms with Gasteiger partial charge in [0, 0.05) is 22.8 Å². The van der Waals surface area contributed by atoms with Gasteiger partial charge in [-0.25, -0.2) is 4.39 Å². The molecule has 0 unspecified atom stereocenters. The zero-order valence-electron chi connectivity index (χ0n) is 10.5. The topological polar surface area (TPSA) is 21.3 Å². The lowest BCUT2D eigenvalue weighted by Crippen LogP contribution is -2.17. The normalized spacial score (nSPS) is 11.3. The summed E-state index contributed by atoms with van der Waals surface area (Å²) in [6, 6.07) is 9.46. The molecule has 0 radical (unpaired) electrons. The second kappa shape index (κ2) is 6.22. The van der Waals surface area contributed by atoms with Crippen molar-refractivity contribution >= 4 is 17.3 Å². The molecule has 0 heterocycles. The van der Waals surface area contributed by atoms with Crippen LogP contribution in [0.5, 0.6) is 5.75 Å². The van der Waals surface area contributed by atoms with E-state index in [0.717, 1.165) is 0 Å². The minimum atomic E-state index is -4.72. The number of nitrogens with one attached hydrogen (secondary N) is 1. The van der Waals surface area contributed by atoms with Gasteiger partial charge in [-0.15, -0.1) is 13.2 Å². The number of halogens is 5. The van der Waals surface area contributed by atoms with Crippen LogP contribution in [0.1, 0.15) is 5.56 Å². The van der Waals surface area contributed by atoms with Crippen LogP contribution in [0.2, 0.25) is 5.02 Å². The van der Waals surface area contributed by atoms with Crippen LogP contribution < -0.4 is 10.1 Å². The first-order valence-electron chi connectivity index (χ1n) is 5.87. The van der Waals surface area contributed by atoms with E-state index in [1.807, 2.05) is 0 Å². The molecule has 112 valence electrons. The number of ether oxygens (including phenoxy) is 1. The molecule has 7 heteroatoms. The van der Waals surface area contributed by atoms with Crippen LogP contribution in [0.3, 0.4) is 0 Å². The van der Waals surface area contributed by atoms with Crippen molar-refractivity contribution in [2.24, 2.45) is 0 Å². The fraction of sp³-hybridized carbons (Fsp3) is 0.143. The number of alkyl halides is 3. The molecule has 0 bridgehead atoms. The monoisotopic (exact) mass is 319 g/mol. The lowest BCUT2D eigenvalue weighted by Gasteiger charge is -2.11. The van der Waals surface area contributed by atoms with Crippen molar-refractivity contribution in [3.05, 3.63) is 58.9 Å². The van der Waals surface area contributed by atoms with Crippen LogP contribution in [-0.2, 0) is 6.54 Å². The highest BCUT2D eigenvalue weighted by atomic mass is 35.5. The molecule has 0 aliphatic heterocycles. The Bertz CT molecular complexity index is 613. The van der Waals surface area contributed by atoms with Gasteiger partial charge in [0.1, 0.15) is 11.6 Å². The van der Waals surface area contributed by atoms with Gasteiger partial charge in [-0.1, -0.05) is 17.7 Å². The number of hydrogen-bond donors (Lipinski definition) is 1. The summed E-state index contributed by atoms with van der Waals surface area (Å²) in [6.07, 6.45) is -4.72. The fourth-order valence-electron chi connectivity index (χ4n) is 1.64. The van der Waals surface area contributed by atoms with E-state index in [0.29, 0.717) is 16.3 Å². The minimum Gasteiger partial charge on any atom is -0.406 e. The predicted molar refractivity (Wildman–Crippen MR) is 71.9 cm³/mol. The Labute approximate surface area is 123 Å². The number of anilines is 1. The minimum absolute atomic E-state index is 0.183. The lowest BCUT2D eigenvalue weighted by molar-refractivity contribution is -0.274. The molecule has 2 aromatic carbocycles. The van der Waals surface area contributed by atoms with Gasteiger partial charge in [0.05, 0.1) is 0 Å². The predicted octanol–water partition coefficient (Wildman–Crippen LogP) is 4.99. The van der Waals surface area contributed by atoms with Crippen molar-refractivity contribution in [3.63, 3.8) is 0 Å². The first-order valence-corrected chi connectivity index (χ1v) is 6.25. The Morgan fingerprint density at radius 1 is 1.05 bits per heavy atom. The average molecular weight is 320 g/mol. The van der Waals surface area contributed by atoms with E-state index >= 15 is 0 Å². The Kier molecular flexibility index (Phi) is 4.57. The standard InChI is InChI=1S/C14H10ClF4NO/c15-10-2-1-9(13(16)7-10)8-20-11-3-5-12(6-4-11)21-14(17,18)19/h1-7,20H,8H2. The third-order valence-corrected chi connectivity index (χ3v) is 2.82. The average Bonchev–Trinajstić information content (AvgIpc) is 2.38. The van der Waals surface area contributed by atoms with Crippen molar-refractivity contribution in [1.29, 1.82) is 0 Å². The second-order valence-corrected chi connectivity index (χ2v) is 4.60. The van der Waals surface area contributed by atoms with Crippen molar-refractivity contribution < 1.29 is 22.3 Å². The highest BCUT2D eigenvalue weighted by molar-refractivity contribution is 6.30. The lowest BCUT2D eigenvalue weighted by atomic mass is 10.2.